The number of methoxy groups -OCH3 is 1. The number of ether oxygens (including phenoxy) is 1. The van der Waals surface area contributed by atoms with Gasteiger partial charge < -0.3 is 14.6 Å². The van der Waals surface area contributed by atoms with Crippen LogP contribution in [0, 0.1) is 0 Å². The van der Waals surface area contributed by atoms with E-state index in [9.17, 15) is 18.0 Å². The molecule has 2 heterocycles. The summed E-state index contributed by atoms with van der Waals surface area (Å²) < 4.78 is 45.8. The Labute approximate surface area is 152 Å². The second-order valence-corrected chi connectivity index (χ2v) is 6.68. The molecule has 1 aromatic carbocycles. The first-order valence-electron chi connectivity index (χ1n) is 7.90. The first-order valence-corrected chi connectivity index (χ1v) is 8.78. The molecule has 0 spiro atoms. The highest BCUT2D eigenvalue weighted by Crippen LogP contribution is 2.30. The molecule has 0 saturated heterocycles. The van der Waals surface area contributed by atoms with Crippen LogP contribution in [-0.4, -0.2) is 30.7 Å². The number of carbonyl (C=O) groups excluding carboxylic acids is 1. The number of hydrogen-bond acceptors (Lipinski definition) is 3. The Hall–Kier alpha value is -2.32. The molecule has 0 fully saturated rings. The molecule has 2 aromatic heterocycles. The van der Waals surface area contributed by atoms with Crippen molar-refractivity contribution in [1.82, 2.24) is 9.88 Å². The van der Waals surface area contributed by atoms with Crippen LogP contribution in [0.15, 0.2) is 41.8 Å². The van der Waals surface area contributed by atoms with E-state index in [1.54, 1.807) is 13.2 Å². The molecule has 1 amide bonds. The normalized spacial score (nSPS) is 11.8. The number of amides is 1. The summed E-state index contributed by atoms with van der Waals surface area (Å²) in [5.74, 6) is -0.239. The minimum absolute atomic E-state index is 0.239. The van der Waals surface area contributed by atoms with E-state index in [0.717, 1.165) is 22.3 Å². The van der Waals surface area contributed by atoms with Gasteiger partial charge in [0, 0.05) is 20.2 Å². The number of halogens is 3. The number of alkyl halides is 3. The molecule has 0 aliphatic rings. The van der Waals surface area contributed by atoms with Crippen molar-refractivity contribution in [2.75, 3.05) is 20.3 Å². The van der Waals surface area contributed by atoms with Crippen LogP contribution in [0.25, 0.3) is 10.2 Å². The van der Waals surface area contributed by atoms with E-state index in [-0.39, 0.29) is 5.91 Å². The van der Waals surface area contributed by atoms with Crippen molar-refractivity contribution >= 4 is 27.5 Å². The molecule has 138 valence electrons. The van der Waals surface area contributed by atoms with Gasteiger partial charge in [0.25, 0.3) is 5.91 Å². The zero-order valence-corrected chi connectivity index (χ0v) is 14.8. The van der Waals surface area contributed by atoms with Gasteiger partial charge in [-0.05, 0) is 35.2 Å². The Bertz CT molecular complexity index is 897. The Morgan fingerprint density at radius 2 is 1.96 bits per heavy atom. The summed E-state index contributed by atoms with van der Waals surface area (Å²) in [7, 11) is 1.55. The summed E-state index contributed by atoms with van der Waals surface area (Å²) >= 11 is 1.51. The molecule has 3 rings (SSSR count). The molecule has 8 heteroatoms. The fraction of sp³-hybridized carbons (Fsp3) is 0.278. The number of fused-ring (bicyclic) bond motifs is 1. The maximum absolute atomic E-state index is 12.7. The van der Waals surface area contributed by atoms with Crippen molar-refractivity contribution in [2.45, 2.75) is 12.7 Å². The van der Waals surface area contributed by atoms with Crippen molar-refractivity contribution in [3.05, 3.63) is 58.6 Å². The molecule has 0 aliphatic carbocycles. The molecule has 0 aliphatic heterocycles. The summed E-state index contributed by atoms with van der Waals surface area (Å²) in [6, 6.07) is 8.69. The summed E-state index contributed by atoms with van der Waals surface area (Å²) in [6.07, 6.45) is -4.36. The molecule has 0 atom stereocenters. The number of nitrogens with one attached hydrogen (secondary N) is 1. The number of rotatable bonds is 6. The maximum atomic E-state index is 12.7. The van der Waals surface area contributed by atoms with Crippen molar-refractivity contribution < 1.29 is 22.7 Å². The molecule has 0 saturated carbocycles. The van der Waals surface area contributed by atoms with E-state index < -0.39 is 11.7 Å². The SMILES string of the molecule is COCCNC(=O)c1cc2sccc2n1Cc1ccc(C(F)(F)F)cc1. The number of thiophene rings is 1. The summed E-state index contributed by atoms with van der Waals surface area (Å²) in [6.45, 7) is 1.10. The van der Waals surface area contributed by atoms with Crippen molar-refractivity contribution in [1.29, 1.82) is 0 Å². The fourth-order valence-electron chi connectivity index (χ4n) is 2.67. The van der Waals surface area contributed by atoms with Crippen LogP contribution in [0.4, 0.5) is 13.2 Å². The van der Waals surface area contributed by atoms with E-state index >= 15 is 0 Å². The van der Waals surface area contributed by atoms with Crippen molar-refractivity contribution in [2.24, 2.45) is 0 Å². The average Bonchev–Trinajstić information content (AvgIpc) is 3.17. The van der Waals surface area contributed by atoms with Crippen molar-refractivity contribution in [3.63, 3.8) is 0 Å². The van der Waals surface area contributed by atoms with Gasteiger partial charge in [0.05, 0.1) is 22.4 Å². The summed E-state index contributed by atoms with van der Waals surface area (Å²) in [5, 5.41) is 4.69. The lowest BCUT2D eigenvalue weighted by Gasteiger charge is -2.12. The lowest BCUT2D eigenvalue weighted by atomic mass is 10.1. The standard InChI is InChI=1S/C18H17F3N2O2S/c1-25-8-7-22-17(24)15-10-16-14(6-9-26-16)23(15)11-12-2-4-13(5-3-12)18(19,20)21/h2-6,9-10H,7-8,11H2,1H3,(H,22,24). The highest BCUT2D eigenvalue weighted by molar-refractivity contribution is 7.17. The van der Waals surface area contributed by atoms with Gasteiger partial charge >= 0.3 is 6.18 Å². The highest BCUT2D eigenvalue weighted by Gasteiger charge is 2.30. The van der Waals surface area contributed by atoms with Crippen LogP contribution in [0.1, 0.15) is 21.6 Å². The Morgan fingerprint density at radius 1 is 1.23 bits per heavy atom. The lowest BCUT2D eigenvalue weighted by molar-refractivity contribution is -0.137. The molecule has 26 heavy (non-hydrogen) atoms. The van der Waals surface area contributed by atoms with Gasteiger partial charge in [0.1, 0.15) is 5.69 Å². The molecular weight excluding hydrogens is 365 g/mol. The quantitative estimate of drug-likeness (QED) is 0.651. The lowest BCUT2D eigenvalue weighted by Crippen LogP contribution is -2.29. The fourth-order valence-corrected chi connectivity index (χ4v) is 3.50. The molecule has 4 nitrogen and oxygen atoms in total. The van der Waals surface area contributed by atoms with E-state index in [0.29, 0.717) is 31.0 Å². The van der Waals surface area contributed by atoms with E-state index in [1.165, 1.54) is 23.5 Å². The van der Waals surface area contributed by atoms with Gasteiger partial charge in [-0.1, -0.05) is 12.1 Å². The number of benzene rings is 1. The number of nitrogens with zero attached hydrogens (tertiary/aromatic N) is 1. The van der Waals surface area contributed by atoms with Gasteiger partial charge in [-0.25, -0.2) is 0 Å². The summed E-state index contributed by atoms with van der Waals surface area (Å²) in [4.78, 5) is 12.5. The zero-order valence-electron chi connectivity index (χ0n) is 14.0. The Balaban J connectivity index is 1.87. The third-order valence-electron chi connectivity index (χ3n) is 3.97. The predicted molar refractivity (Wildman–Crippen MR) is 94.6 cm³/mol. The minimum atomic E-state index is -4.36. The van der Waals surface area contributed by atoms with E-state index in [1.807, 2.05) is 16.0 Å². The second kappa shape index (κ2) is 7.51. The van der Waals surface area contributed by atoms with Gasteiger partial charge in [-0.3, -0.25) is 4.79 Å². The molecule has 3 aromatic rings. The monoisotopic (exact) mass is 382 g/mol. The number of hydrogen-bond donors (Lipinski definition) is 1. The van der Waals surface area contributed by atoms with Crippen LogP contribution in [0.5, 0.6) is 0 Å². The first-order chi connectivity index (χ1) is 12.4. The van der Waals surface area contributed by atoms with Crippen LogP contribution in [0.3, 0.4) is 0 Å². The molecule has 0 bridgehead atoms. The Morgan fingerprint density at radius 3 is 2.62 bits per heavy atom. The third kappa shape index (κ3) is 3.91. The third-order valence-corrected chi connectivity index (χ3v) is 4.82. The van der Waals surface area contributed by atoms with Gasteiger partial charge in [-0.15, -0.1) is 11.3 Å². The topological polar surface area (TPSA) is 43.3 Å². The van der Waals surface area contributed by atoms with E-state index in [4.69, 9.17) is 4.74 Å². The molecule has 1 N–H and O–H groups in total. The smallest absolute Gasteiger partial charge is 0.383 e. The van der Waals surface area contributed by atoms with Gasteiger partial charge in [-0.2, -0.15) is 13.2 Å². The van der Waals surface area contributed by atoms with Crippen LogP contribution in [0.2, 0.25) is 0 Å². The van der Waals surface area contributed by atoms with Crippen LogP contribution < -0.4 is 5.32 Å². The number of aromatic nitrogens is 1. The zero-order chi connectivity index (χ0) is 18.7. The Kier molecular flexibility index (Phi) is 5.33. The van der Waals surface area contributed by atoms with Crippen molar-refractivity contribution in [3.8, 4) is 0 Å². The van der Waals surface area contributed by atoms with Gasteiger partial charge in [0.15, 0.2) is 0 Å². The van der Waals surface area contributed by atoms with Gasteiger partial charge in [0.2, 0.25) is 0 Å². The van der Waals surface area contributed by atoms with Crippen LogP contribution in [-0.2, 0) is 17.5 Å². The predicted octanol–water partition coefficient (Wildman–Crippen LogP) is 4.15. The maximum Gasteiger partial charge on any atom is 0.416 e. The largest absolute Gasteiger partial charge is 0.416 e. The molecular formula is C18H17F3N2O2S. The first kappa shape index (κ1) is 18.5. The molecule has 0 unspecified atom stereocenters. The minimum Gasteiger partial charge on any atom is -0.383 e. The molecule has 0 radical (unpaired) electrons. The van der Waals surface area contributed by atoms with E-state index in [2.05, 4.69) is 5.32 Å². The summed E-state index contributed by atoms with van der Waals surface area (Å²) in [5.41, 5.74) is 1.36. The number of carbonyl (C=O) groups is 1. The highest BCUT2D eigenvalue weighted by atomic mass is 32.1. The second-order valence-electron chi connectivity index (χ2n) is 5.73. The van der Waals surface area contributed by atoms with Crippen LogP contribution >= 0.6 is 11.3 Å². The average molecular weight is 382 g/mol.